The van der Waals surface area contributed by atoms with Gasteiger partial charge in [0.15, 0.2) is 0 Å². The molecule has 0 aliphatic carbocycles. The molecule has 3 heteroatoms. The van der Waals surface area contributed by atoms with E-state index < -0.39 is 0 Å². The van der Waals surface area contributed by atoms with E-state index in [4.69, 9.17) is 10.5 Å². The van der Waals surface area contributed by atoms with Gasteiger partial charge in [0.25, 0.3) is 0 Å². The molecule has 1 aliphatic heterocycles. The van der Waals surface area contributed by atoms with Gasteiger partial charge in [0.2, 0.25) is 0 Å². The molecule has 0 amide bonds. The standard InChI is InChI=1S/C8H11NOS/c1-5-4-11-7-2-6(9)3-10-8(5)7/h4,6H,2-3,9H2,1H3. The topological polar surface area (TPSA) is 35.2 Å². The van der Waals surface area contributed by atoms with E-state index in [2.05, 4.69) is 12.3 Å². The highest BCUT2D eigenvalue weighted by Crippen LogP contribution is 2.33. The summed E-state index contributed by atoms with van der Waals surface area (Å²) in [6, 6.07) is 0.195. The second kappa shape index (κ2) is 2.50. The van der Waals surface area contributed by atoms with Crippen LogP contribution in [0.25, 0.3) is 0 Å². The zero-order chi connectivity index (χ0) is 7.84. The van der Waals surface area contributed by atoms with Crippen LogP contribution in [0.1, 0.15) is 10.4 Å². The summed E-state index contributed by atoms with van der Waals surface area (Å²) >= 11 is 1.75. The molecule has 1 unspecified atom stereocenters. The third kappa shape index (κ3) is 1.14. The molecule has 0 radical (unpaired) electrons. The Kier molecular flexibility index (Phi) is 1.62. The van der Waals surface area contributed by atoms with Crippen molar-refractivity contribution in [2.75, 3.05) is 6.61 Å². The van der Waals surface area contributed by atoms with Crippen LogP contribution in [0.2, 0.25) is 0 Å². The van der Waals surface area contributed by atoms with Crippen molar-refractivity contribution in [3.05, 3.63) is 15.8 Å². The predicted molar refractivity (Wildman–Crippen MR) is 46.2 cm³/mol. The van der Waals surface area contributed by atoms with Crippen LogP contribution in [-0.2, 0) is 6.42 Å². The number of hydrogen-bond acceptors (Lipinski definition) is 3. The van der Waals surface area contributed by atoms with E-state index in [1.165, 1.54) is 10.4 Å². The molecule has 0 saturated carbocycles. The third-order valence-electron chi connectivity index (χ3n) is 1.88. The summed E-state index contributed by atoms with van der Waals surface area (Å²) < 4.78 is 5.49. The molecule has 0 saturated heterocycles. The highest BCUT2D eigenvalue weighted by atomic mass is 32.1. The third-order valence-corrected chi connectivity index (χ3v) is 2.99. The fraction of sp³-hybridized carbons (Fsp3) is 0.500. The van der Waals surface area contributed by atoms with Crippen molar-refractivity contribution < 1.29 is 4.74 Å². The van der Waals surface area contributed by atoms with Gasteiger partial charge in [-0.2, -0.15) is 0 Å². The van der Waals surface area contributed by atoms with Crippen LogP contribution in [0.4, 0.5) is 0 Å². The van der Waals surface area contributed by atoms with Crippen LogP contribution >= 0.6 is 11.3 Å². The highest BCUT2D eigenvalue weighted by Gasteiger charge is 2.19. The van der Waals surface area contributed by atoms with Crippen molar-refractivity contribution in [2.45, 2.75) is 19.4 Å². The number of aryl methyl sites for hydroxylation is 1. The summed E-state index contributed by atoms with van der Waals surface area (Å²) in [5.74, 6) is 1.08. The molecule has 2 nitrogen and oxygen atoms in total. The molecule has 2 heterocycles. The first-order valence-electron chi connectivity index (χ1n) is 3.72. The largest absolute Gasteiger partial charge is 0.491 e. The number of ether oxygens (including phenoxy) is 1. The molecule has 1 aromatic rings. The van der Waals surface area contributed by atoms with Gasteiger partial charge in [0.1, 0.15) is 12.4 Å². The maximum atomic E-state index is 5.74. The van der Waals surface area contributed by atoms with Gasteiger partial charge in [-0.1, -0.05) is 0 Å². The Hall–Kier alpha value is -0.540. The molecule has 0 bridgehead atoms. The normalized spacial score (nSPS) is 22.5. The summed E-state index contributed by atoms with van der Waals surface area (Å²) in [5.41, 5.74) is 6.99. The minimum absolute atomic E-state index is 0.195. The molecular formula is C8H11NOS. The van der Waals surface area contributed by atoms with Crippen LogP contribution in [0.5, 0.6) is 5.75 Å². The number of fused-ring (bicyclic) bond motifs is 1. The van der Waals surface area contributed by atoms with Crippen molar-refractivity contribution >= 4 is 11.3 Å². The maximum Gasteiger partial charge on any atom is 0.136 e. The number of rotatable bonds is 0. The van der Waals surface area contributed by atoms with Gasteiger partial charge >= 0.3 is 0 Å². The Bertz CT molecular complexity index is 269. The average Bonchev–Trinajstić information content (AvgIpc) is 2.32. The smallest absolute Gasteiger partial charge is 0.136 e. The quantitative estimate of drug-likeness (QED) is 0.635. The molecular weight excluding hydrogens is 158 g/mol. The van der Waals surface area contributed by atoms with Gasteiger partial charge < -0.3 is 10.5 Å². The Labute approximate surface area is 70.0 Å². The fourth-order valence-corrected chi connectivity index (χ4v) is 2.37. The molecule has 60 valence electrons. The Morgan fingerprint density at radius 3 is 3.36 bits per heavy atom. The lowest BCUT2D eigenvalue weighted by Crippen LogP contribution is -2.33. The van der Waals surface area contributed by atoms with Gasteiger partial charge in [-0.3, -0.25) is 0 Å². The minimum Gasteiger partial charge on any atom is -0.491 e. The lowest BCUT2D eigenvalue weighted by atomic mass is 10.1. The Balaban J connectivity index is 2.36. The first-order chi connectivity index (χ1) is 5.27. The highest BCUT2D eigenvalue weighted by molar-refractivity contribution is 7.10. The van der Waals surface area contributed by atoms with Crippen LogP contribution in [0.15, 0.2) is 5.38 Å². The van der Waals surface area contributed by atoms with E-state index in [0.717, 1.165) is 12.2 Å². The van der Waals surface area contributed by atoms with Crippen molar-refractivity contribution in [3.63, 3.8) is 0 Å². The molecule has 2 N–H and O–H groups in total. The Morgan fingerprint density at radius 1 is 1.73 bits per heavy atom. The molecule has 2 rings (SSSR count). The van der Waals surface area contributed by atoms with Crippen molar-refractivity contribution in [2.24, 2.45) is 5.73 Å². The first kappa shape index (κ1) is 7.13. The van der Waals surface area contributed by atoms with Crippen molar-refractivity contribution in [3.8, 4) is 5.75 Å². The van der Waals surface area contributed by atoms with Gasteiger partial charge in [0.05, 0.1) is 0 Å². The summed E-state index contributed by atoms with van der Waals surface area (Å²) in [4.78, 5) is 1.31. The second-order valence-electron chi connectivity index (χ2n) is 2.95. The SMILES string of the molecule is Cc1csc2c1OCC(N)C2. The van der Waals surface area contributed by atoms with E-state index in [1.807, 2.05) is 0 Å². The van der Waals surface area contributed by atoms with Crippen LogP contribution < -0.4 is 10.5 Å². The summed E-state index contributed by atoms with van der Waals surface area (Å²) in [5, 5.41) is 2.13. The van der Waals surface area contributed by atoms with Crippen molar-refractivity contribution in [1.82, 2.24) is 0 Å². The van der Waals surface area contributed by atoms with E-state index in [0.29, 0.717) is 6.61 Å². The molecule has 0 fully saturated rings. The first-order valence-corrected chi connectivity index (χ1v) is 4.60. The van der Waals surface area contributed by atoms with Crippen LogP contribution in [-0.4, -0.2) is 12.6 Å². The number of nitrogens with two attached hydrogens (primary N) is 1. The lowest BCUT2D eigenvalue weighted by Gasteiger charge is -2.19. The summed E-state index contributed by atoms with van der Waals surface area (Å²) in [7, 11) is 0. The maximum absolute atomic E-state index is 5.74. The molecule has 11 heavy (non-hydrogen) atoms. The molecule has 0 aromatic carbocycles. The predicted octanol–water partition coefficient (Wildman–Crippen LogP) is 1.32. The van der Waals surface area contributed by atoms with Gasteiger partial charge in [-0.05, 0) is 12.3 Å². The van der Waals surface area contributed by atoms with Crippen LogP contribution in [0, 0.1) is 6.92 Å². The van der Waals surface area contributed by atoms with Gasteiger partial charge in [-0.25, -0.2) is 0 Å². The molecule has 1 aromatic heterocycles. The monoisotopic (exact) mass is 169 g/mol. The zero-order valence-corrected chi connectivity index (χ0v) is 7.28. The zero-order valence-electron chi connectivity index (χ0n) is 6.46. The summed E-state index contributed by atoms with van der Waals surface area (Å²) in [6.07, 6.45) is 0.980. The average molecular weight is 169 g/mol. The van der Waals surface area contributed by atoms with Crippen LogP contribution in [0.3, 0.4) is 0 Å². The van der Waals surface area contributed by atoms with E-state index in [1.54, 1.807) is 11.3 Å². The fourth-order valence-electron chi connectivity index (χ4n) is 1.31. The van der Waals surface area contributed by atoms with Crippen molar-refractivity contribution in [1.29, 1.82) is 0 Å². The molecule has 1 aliphatic rings. The number of hydrogen-bond donors (Lipinski definition) is 1. The van der Waals surface area contributed by atoms with E-state index >= 15 is 0 Å². The lowest BCUT2D eigenvalue weighted by molar-refractivity contribution is 0.265. The van der Waals surface area contributed by atoms with E-state index in [9.17, 15) is 0 Å². The minimum atomic E-state index is 0.195. The Morgan fingerprint density at radius 2 is 2.55 bits per heavy atom. The molecule has 1 atom stereocenters. The van der Waals surface area contributed by atoms with Gasteiger partial charge in [-0.15, -0.1) is 11.3 Å². The second-order valence-corrected chi connectivity index (χ2v) is 3.91. The summed E-state index contributed by atoms with van der Waals surface area (Å²) in [6.45, 7) is 2.75. The van der Waals surface area contributed by atoms with E-state index in [-0.39, 0.29) is 6.04 Å². The van der Waals surface area contributed by atoms with Gasteiger partial charge in [0, 0.05) is 22.9 Å². The number of thiophene rings is 1. The molecule has 0 spiro atoms.